The van der Waals surface area contributed by atoms with Gasteiger partial charge in [-0.3, -0.25) is 0 Å². The summed E-state index contributed by atoms with van der Waals surface area (Å²) in [4.78, 5) is 11.4. The van der Waals surface area contributed by atoms with Crippen LogP contribution < -0.4 is 15.4 Å². The molecule has 128 valence electrons. The van der Waals surface area contributed by atoms with Gasteiger partial charge in [-0.25, -0.2) is 4.79 Å². The van der Waals surface area contributed by atoms with E-state index in [0.29, 0.717) is 29.4 Å². The SMILES string of the molecule is CCCCNc1cc(C(=O)O)cc(NCC)c1Oc1ccccc1. The van der Waals surface area contributed by atoms with Gasteiger partial charge in [0.1, 0.15) is 5.75 Å². The molecule has 0 saturated carbocycles. The molecule has 0 saturated heterocycles. The van der Waals surface area contributed by atoms with Crippen LogP contribution in [0.3, 0.4) is 0 Å². The topological polar surface area (TPSA) is 70.6 Å². The molecule has 5 nitrogen and oxygen atoms in total. The minimum Gasteiger partial charge on any atom is -0.478 e. The maximum atomic E-state index is 11.4. The molecule has 0 amide bonds. The van der Waals surface area contributed by atoms with Crippen molar-refractivity contribution in [2.75, 3.05) is 23.7 Å². The molecule has 0 aliphatic carbocycles. The van der Waals surface area contributed by atoms with Gasteiger partial charge in [0, 0.05) is 13.1 Å². The fourth-order valence-corrected chi connectivity index (χ4v) is 2.32. The number of benzene rings is 2. The van der Waals surface area contributed by atoms with Crippen LogP contribution in [0, 0.1) is 0 Å². The van der Waals surface area contributed by atoms with Gasteiger partial charge in [-0.1, -0.05) is 31.5 Å². The highest BCUT2D eigenvalue weighted by Gasteiger charge is 2.16. The zero-order valence-corrected chi connectivity index (χ0v) is 14.1. The molecule has 0 radical (unpaired) electrons. The molecule has 0 spiro atoms. The predicted molar refractivity (Wildman–Crippen MR) is 97.5 cm³/mol. The first-order valence-electron chi connectivity index (χ1n) is 8.27. The molecule has 3 N–H and O–H groups in total. The van der Waals surface area contributed by atoms with Crippen molar-refractivity contribution in [1.82, 2.24) is 0 Å². The Morgan fingerprint density at radius 3 is 2.33 bits per heavy atom. The summed E-state index contributed by atoms with van der Waals surface area (Å²) < 4.78 is 6.04. The van der Waals surface area contributed by atoms with Gasteiger partial charge >= 0.3 is 5.97 Å². The molecule has 0 atom stereocenters. The van der Waals surface area contributed by atoms with Crippen LogP contribution in [0.2, 0.25) is 0 Å². The van der Waals surface area contributed by atoms with Crippen LogP contribution >= 0.6 is 0 Å². The van der Waals surface area contributed by atoms with E-state index < -0.39 is 5.97 Å². The Hall–Kier alpha value is -2.69. The first-order valence-corrected chi connectivity index (χ1v) is 8.27. The Bertz CT molecular complexity index is 672. The Morgan fingerprint density at radius 2 is 1.75 bits per heavy atom. The Morgan fingerprint density at radius 1 is 1.08 bits per heavy atom. The average molecular weight is 328 g/mol. The third-order valence-electron chi connectivity index (χ3n) is 3.51. The molecule has 0 heterocycles. The smallest absolute Gasteiger partial charge is 0.335 e. The molecule has 2 aromatic carbocycles. The number of ether oxygens (including phenoxy) is 1. The zero-order valence-electron chi connectivity index (χ0n) is 14.1. The van der Waals surface area contributed by atoms with E-state index in [2.05, 4.69) is 17.6 Å². The molecule has 2 rings (SSSR count). The highest BCUT2D eigenvalue weighted by Crippen LogP contribution is 2.38. The Kier molecular flexibility index (Phi) is 6.49. The van der Waals surface area contributed by atoms with E-state index in [1.165, 1.54) is 0 Å². The summed E-state index contributed by atoms with van der Waals surface area (Å²) in [5, 5.41) is 15.9. The van der Waals surface area contributed by atoms with Crippen molar-refractivity contribution in [3.8, 4) is 11.5 Å². The molecular weight excluding hydrogens is 304 g/mol. The summed E-state index contributed by atoms with van der Waals surface area (Å²) >= 11 is 0. The minimum absolute atomic E-state index is 0.227. The van der Waals surface area contributed by atoms with E-state index in [9.17, 15) is 9.90 Å². The fourth-order valence-electron chi connectivity index (χ4n) is 2.32. The van der Waals surface area contributed by atoms with Crippen LogP contribution in [0.1, 0.15) is 37.0 Å². The number of carbonyl (C=O) groups is 1. The van der Waals surface area contributed by atoms with Crippen LogP contribution in [0.5, 0.6) is 11.5 Å². The lowest BCUT2D eigenvalue weighted by Crippen LogP contribution is -2.08. The summed E-state index contributed by atoms with van der Waals surface area (Å²) in [7, 11) is 0. The molecule has 0 aliphatic heterocycles. The standard InChI is InChI=1S/C19H24N2O3/c1-3-5-11-21-17-13-14(19(22)23)12-16(20-4-2)18(17)24-15-9-7-6-8-10-15/h6-10,12-13,20-21H,3-5,11H2,1-2H3,(H,22,23). The quantitative estimate of drug-likeness (QED) is 0.576. The summed E-state index contributed by atoms with van der Waals surface area (Å²) in [6, 6.07) is 12.7. The van der Waals surface area contributed by atoms with Crippen molar-refractivity contribution in [2.24, 2.45) is 0 Å². The summed E-state index contributed by atoms with van der Waals surface area (Å²) in [6.07, 6.45) is 2.05. The molecule has 2 aromatic rings. The van der Waals surface area contributed by atoms with Crippen molar-refractivity contribution in [3.05, 3.63) is 48.0 Å². The molecule has 0 aromatic heterocycles. The third-order valence-corrected chi connectivity index (χ3v) is 3.51. The first-order chi connectivity index (χ1) is 11.7. The van der Waals surface area contributed by atoms with Crippen LogP contribution in [-0.2, 0) is 0 Å². The van der Waals surface area contributed by atoms with E-state index >= 15 is 0 Å². The maximum absolute atomic E-state index is 11.4. The number of anilines is 2. The lowest BCUT2D eigenvalue weighted by atomic mass is 10.1. The van der Waals surface area contributed by atoms with Crippen LogP contribution in [0.25, 0.3) is 0 Å². The van der Waals surface area contributed by atoms with Gasteiger partial charge in [0.2, 0.25) is 0 Å². The Labute approximate surface area is 142 Å². The molecule has 0 bridgehead atoms. The highest BCUT2D eigenvalue weighted by atomic mass is 16.5. The van der Waals surface area contributed by atoms with E-state index in [1.54, 1.807) is 12.1 Å². The van der Waals surface area contributed by atoms with Gasteiger partial charge in [0.25, 0.3) is 0 Å². The molecule has 0 aliphatic rings. The second-order valence-corrected chi connectivity index (χ2v) is 5.43. The van der Waals surface area contributed by atoms with Gasteiger partial charge in [0.05, 0.1) is 16.9 Å². The maximum Gasteiger partial charge on any atom is 0.335 e. The molecule has 5 heteroatoms. The zero-order chi connectivity index (χ0) is 17.4. The third kappa shape index (κ3) is 4.65. The second kappa shape index (κ2) is 8.82. The molecular formula is C19H24N2O3. The lowest BCUT2D eigenvalue weighted by Gasteiger charge is -2.18. The number of hydrogen-bond acceptors (Lipinski definition) is 4. The summed E-state index contributed by atoms with van der Waals surface area (Å²) in [6.45, 7) is 5.50. The van der Waals surface area contributed by atoms with Crippen molar-refractivity contribution in [3.63, 3.8) is 0 Å². The lowest BCUT2D eigenvalue weighted by molar-refractivity contribution is 0.0697. The monoisotopic (exact) mass is 328 g/mol. The number of hydrogen-bond donors (Lipinski definition) is 3. The van der Waals surface area contributed by atoms with Gasteiger partial charge in [-0.15, -0.1) is 0 Å². The van der Waals surface area contributed by atoms with E-state index in [4.69, 9.17) is 4.74 Å². The van der Waals surface area contributed by atoms with Gasteiger partial charge in [-0.2, -0.15) is 0 Å². The van der Waals surface area contributed by atoms with Gasteiger partial charge in [-0.05, 0) is 37.6 Å². The Balaban J connectivity index is 2.43. The fraction of sp³-hybridized carbons (Fsp3) is 0.316. The van der Waals surface area contributed by atoms with Crippen LogP contribution in [0.4, 0.5) is 11.4 Å². The first kappa shape index (κ1) is 17.7. The number of para-hydroxylation sites is 1. The number of aromatic carboxylic acids is 1. The van der Waals surface area contributed by atoms with E-state index in [-0.39, 0.29) is 5.56 Å². The molecule has 0 unspecified atom stereocenters. The van der Waals surface area contributed by atoms with Crippen molar-refractivity contribution in [1.29, 1.82) is 0 Å². The number of carboxylic acid groups (broad SMARTS) is 1. The minimum atomic E-state index is -0.959. The number of unbranched alkanes of at least 4 members (excludes halogenated alkanes) is 1. The number of carboxylic acids is 1. The highest BCUT2D eigenvalue weighted by molar-refractivity contribution is 5.92. The second-order valence-electron chi connectivity index (χ2n) is 5.43. The molecule has 24 heavy (non-hydrogen) atoms. The number of rotatable bonds is 9. The average Bonchev–Trinajstić information content (AvgIpc) is 2.58. The summed E-state index contributed by atoms with van der Waals surface area (Å²) in [5.41, 5.74) is 1.58. The van der Waals surface area contributed by atoms with Crippen LogP contribution in [0.15, 0.2) is 42.5 Å². The molecule has 0 fully saturated rings. The predicted octanol–water partition coefficient (Wildman–Crippen LogP) is 4.82. The van der Waals surface area contributed by atoms with Crippen molar-refractivity contribution >= 4 is 17.3 Å². The van der Waals surface area contributed by atoms with Gasteiger partial charge in [0.15, 0.2) is 5.75 Å². The van der Waals surface area contributed by atoms with Gasteiger partial charge < -0.3 is 20.5 Å². The van der Waals surface area contributed by atoms with Crippen molar-refractivity contribution in [2.45, 2.75) is 26.7 Å². The normalized spacial score (nSPS) is 10.2. The van der Waals surface area contributed by atoms with Crippen LogP contribution in [-0.4, -0.2) is 24.2 Å². The van der Waals surface area contributed by atoms with Crippen molar-refractivity contribution < 1.29 is 14.6 Å². The van der Waals surface area contributed by atoms with E-state index in [0.717, 1.165) is 19.4 Å². The van der Waals surface area contributed by atoms with E-state index in [1.807, 2.05) is 37.3 Å². The number of nitrogens with one attached hydrogen (secondary N) is 2. The largest absolute Gasteiger partial charge is 0.478 e. The summed E-state index contributed by atoms with van der Waals surface area (Å²) in [5.74, 6) is 0.362.